The zero-order chi connectivity index (χ0) is 13.1. The van der Waals surface area contributed by atoms with Crippen molar-refractivity contribution in [3.63, 3.8) is 0 Å². The van der Waals surface area contributed by atoms with Gasteiger partial charge in [0.15, 0.2) is 17.9 Å². The van der Waals surface area contributed by atoms with Crippen molar-refractivity contribution in [3.8, 4) is 0 Å². The lowest BCUT2D eigenvalue weighted by atomic mass is 9.97. The van der Waals surface area contributed by atoms with Crippen LogP contribution in [-0.4, -0.2) is 42.8 Å². The molecule has 5 atom stereocenters. The SMILES string of the molecule is C[C@@H]1[C@H]2OC(C)(C)O[C@H]2O[C@@H]1C1COC(C)(C)O1. The summed E-state index contributed by atoms with van der Waals surface area (Å²) in [5, 5.41) is 0. The zero-order valence-electron chi connectivity index (χ0n) is 11.6. The van der Waals surface area contributed by atoms with Crippen LogP contribution < -0.4 is 0 Å². The van der Waals surface area contributed by atoms with Crippen molar-refractivity contribution < 1.29 is 23.7 Å². The van der Waals surface area contributed by atoms with Crippen molar-refractivity contribution >= 4 is 0 Å². The molecule has 104 valence electrons. The van der Waals surface area contributed by atoms with Crippen LogP contribution in [0.25, 0.3) is 0 Å². The van der Waals surface area contributed by atoms with Gasteiger partial charge in [-0.1, -0.05) is 6.92 Å². The molecule has 3 saturated heterocycles. The molecule has 3 fully saturated rings. The second kappa shape index (κ2) is 3.90. The Balaban J connectivity index is 1.68. The van der Waals surface area contributed by atoms with E-state index in [2.05, 4.69) is 6.92 Å². The predicted molar refractivity (Wildman–Crippen MR) is 62.8 cm³/mol. The van der Waals surface area contributed by atoms with E-state index in [0.717, 1.165) is 0 Å². The molecular formula is C13H22O5. The van der Waals surface area contributed by atoms with Gasteiger partial charge in [0.2, 0.25) is 0 Å². The molecule has 18 heavy (non-hydrogen) atoms. The Hall–Kier alpha value is -0.200. The van der Waals surface area contributed by atoms with E-state index in [1.165, 1.54) is 0 Å². The molecule has 3 heterocycles. The van der Waals surface area contributed by atoms with Gasteiger partial charge < -0.3 is 23.7 Å². The van der Waals surface area contributed by atoms with E-state index in [1.807, 2.05) is 27.7 Å². The first-order valence-electron chi connectivity index (χ1n) is 6.60. The lowest BCUT2D eigenvalue weighted by Crippen LogP contribution is -2.37. The lowest BCUT2D eigenvalue weighted by Gasteiger charge is -2.27. The van der Waals surface area contributed by atoms with E-state index in [0.29, 0.717) is 6.61 Å². The van der Waals surface area contributed by atoms with Crippen molar-refractivity contribution in [1.82, 2.24) is 0 Å². The van der Waals surface area contributed by atoms with Gasteiger partial charge in [-0.25, -0.2) is 0 Å². The second-order valence-electron chi connectivity index (χ2n) is 6.30. The normalized spacial score (nSPS) is 49.5. The van der Waals surface area contributed by atoms with Gasteiger partial charge in [-0.3, -0.25) is 0 Å². The third-order valence-electron chi connectivity index (χ3n) is 3.81. The molecular weight excluding hydrogens is 236 g/mol. The molecule has 5 nitrogen and oxygen atoms in total. The Labute approximate surface area is 108 Å². The number of rotatable bonds is 1. The first kappa shape index (κ1) is 12.8. The van der Waals surface area contributed by atoms with Crippen molar-refractivity contribution in [1.29, 1.82) is 0 Å². The molecule has 0 aliphatic carbocycles. The standard InChI is InChI=1S/C13H22O5/c1-7-9(8-6-14-12(2,3)16-8)15-11-10(7)17-13(4,5)18-11/h7-11H,6H2,1-5H3/t7-,8?,9-,10+,11+/m0/s1. The van der Waals surface area contributed by atoms with Gasteiger partial charge in [-0.2, -0.15) is 0 Å². The van der Waals surface area contributed by atoms with E-state index in [-0.39, 0.29) is 30.5 Å². The Bertz CT molecular complexity index is 340. The van der Waals surface area contributed by atoms with E-state index >= 15 is 0 Å². The highest BCUT2D eigenvalue weighted by Gasteiger charge is 2.56. The average molecular weight is 258 g/mol. The molecule has 0 aromatic carbocycles. The van der Waals surface area contributed by atoms with Gasteiger partial charge in [0.05, 0.1) is 12.7 Å². The Morgan fingerprint density at radius 3 is 2.17 bits per heavy atom. The van der Waals surface area contributed by atoms with Crippen LogP contribution in [0.3, 0.4) is 0 Å². The van der Waals surface area contributed by atoms with Crippen LogP contribution in [0.5, 0.6) is 0 Å². The van der Waals surface area contributed by atoms with E-state index in [1.54, 1.807) is 0 Å². The summed E-state index contributed by atoms with van der Waals surface area (Å²) in [6, 6.07) is 0. The second-order valence-corrected chi connectivity index (χ2v) is 6.30. The molecule has 3 aliphatic heterocycles. The van der Waals surface area contributed by atoms with Crippen LogP contribution in [0, 0.1) is 5.92 Å². The molecule has 5 heteroatoms. The average Bonchev–Trinajstić information content (AvgIpc) is 2.81. The number of hydrogen-bond acceptors (Lipinski definition) is 5. The molecule has 0 bridgehead atoms. The predicted octanol–water partition coefficient (Wildman–Crippen LogP) is 1.65. The molecule has 3 rings (SSSR count). The molecule has 0 aromatic rings. The molecule has 1 unspecified atom stereocenters. The molecule has 3 aliphatic rings. The highest BCUT2D eigenvalue weighted by molar-refractivity contribution is 4.95. The minimum Gasteiger partial charge on any atom is -0.348 e. The maximum Gasteiger partial charge on any atom is 0.187 e. The number of ether oxygens (including phenoxy) is 5. The summed E-state index contributed by atoms with van der Waals surface area (Å²) < 4.78 is 29.0. The smallest absolute Gasteiger partial charge is 0.187 e. The molecule has 0 radical (unpaired) electrons. The summed E-state index contributed by atoms with van der Waals surface area (Å²) in [6.45, 7) is 10.3. The fourth-order valence-electron chi connectivity index (χ4n) is 2.99. The van der Waals surface area contributed by atoms with Crippen LogP contribution in [0.2, 0.25) is 0 Å². The van der Waals surface area contributed by atoms with E-state index in [4.69, 9.17) is 23.7 Å². The maximum absolute atomic E-state index is 5.96. The van der Waals surface area contributed by atoms with Crippen LogP contribution >= 0.6 is 0 Å². The first-order valence-corrected chi connectivity index (χ1v) is 6.60. The largest absolute Gasteiger partial charge is 0.348 e. The summed E-state index contributed by atoms with van der Waals surface area (Å²) in [5.41, 5.74) is 0. The van der Waals surface area contributed by atoms with Crippen LogP contribution in [0.1, 0.15) is 34.6 Å². The fourth-order valence-corrected chi connectivity index (χ4v) is 2.99. The third kappa shape index (κ3) is 2.08. The Kier molecular flexibility index (Phi) is 2.78. The summed E-state index contributed by atoms with van der Waals surface area (Å²) in [7, 11) is 0. The molecule has 0 aromatic heterocycles. The van der Waals surface area contributed by atoms with Gasteiger partial charge in [-0.05, 0) is 27.7 Å². The van der Waals surface area contributed by atoms with E-state index in [9.17, 15) is 0 Å². The fraction of sp³-hybridized carbons (Fsp3) is 1.00. The molecule has 0 saturated carbocycles. The quantitative estimate of drug-likeness (QED) is 0.715. The van der Waals surface area contributed by atoms with Crippen molar-refractivity contribution in [3.05, 3.63) is 0 Å². The topological polar surface area (TPSA) is 46.2 Å². The van der Waals surface area contributed by atoms with Gasteiger partial charge in [0, 0.05) is 5.92 Å². The minimum absolute atomic E-state index is 0.0164. The number of hydrogen-bond donors (Lipinski definition) is 0. The molecule has 0 amide bonds. The van der Waals surface area contributed by atoms with Gasteiger partial charge >= 0.3 is 0 Å². The van der Waals surface area contributed by atoms with Gasteiger partial charge in [-0.15, -0.1) is 0 Å². The van der Waals surface area contributed by atoms with Gasteiger partial charge in [0.25, 0.3) is 0 Å². The summed E-state index contributed by atoms with van der Waals surface area (Å²) in [5.74, 6) is -0.841. The lowest BCUT2D eigenvalue weighted by molar-refractivity contribution is -0.226. The summed E-state index contributed by atoms with van der Waals surface area (Å²) in [6.07, 6.45) is -0.376. The van der Waals surface area contributed by atoms with Crippen LogP contribution in [0.4, 0.5) is 0 Å². The maximum atomic E-state index is 5.96. The van der Waals surface area contributed by atoms with Crippen molar-refractivity contribution in [2.75, 3.05) is 6.61 Å². The van der Waals surface area contributed by atoms with Crippen molar-refractivity contribution in [2.45, 2.75) is 70.8 Å². The van der Waals surface area contributed by atoms with E-state index < -0.39 is 11.6 Å². The summed E-state index contributed by atoms with van der Waals surface area (Å²) in [4.78, 5) is 0. The molecule has 0 spiro atoms. The third-order valence-corrected chi connectivity index (χ3v) is 3.81. The summed E-state index contributed by atoms with van der Waals surface area (Å²) >= 11 is 0. The first-order chi connectivity index (χ1) is 8.27. The van der Waals surface area contributed by atoms with Crippen molar-refractivity contribution in [2.24, 2.45) is 5.92 Å². The molecule has 0 N–H and O–H groups in total. The number of fused-ring (bicyclic) bond motifs is 1. The zero-order valence-corrected chi connectivity index (χ0v) is 11.6. The highest BCUT2D eigenvalue weighted by atomic mass is 16.8. The van der Waals surface area contributed by atoms with Crippen LogP contribution in [-0.2, 0) is 23.7 Å². The Morgan fingerprint density at radius 2 is 1.61 bits per heavy atom. The van der Waals surface area contributed by atoms with Crippen LogP contribution in [0.15, 0.2) is 0 Å². The monoisotopic (exact) mass is 258 g/mol. The Morgan fingerprint density at radius 1 is 0.889 bits per heavy atom. The minimum atomic E-state index is -0.555. The van der Waals surface area contributed by atoms with Gasteiger partial charge in [0.1, 0.15) is 12.2 Å². The highest BCUT2D eigenvalue weighted by Crippen LogP contribution is 2.43.